The van der Waals surface area contributed by atoms with Gasteiger partial charge in [0.1, 0.15) is 12.4 Å². The van der Waals surface area contributed by atoms with E-state index in [-0.39, 0.29) is 18.9 Å². The smallest absolute Gasteiger partial charge is 0.232 e. The van der Waals surface area contributed by atoms with Crippen LogP contribution in [-0.2, 0) is 14.8 Å². The van der Waals surface area contributed by atoms with E-state index in [4.69, 9.17) is 4.74 Å². The van der Waals surface area contributed by atoms with Crippen molar-refractivity contribution in [3.63, 3.8) is 0 Å². The van der Waals surface area contributed by atoms with E-state index in [0.29, 0.717) is 30.2 Å². The SMILES string of the molecule is C=CCOc1cccc(NC(=O)CCCN(c2ccccc2C)S(C)(=O)=O)c1. The minimum absolute atomic E-state index is 0.181. The molecule has 2 aromatic rings. The fraction of sp³-hybridized carbons (Fsp3) is 0.286. The Morgan fingerprint density at radius 1 is 1.21 bits per heavy atom. The van der Waals surface area contributed by atoms with Gasteiger partial charge < -0.3 is 10.1 Å². The van der Waals surface area contributed by atoms with Gasteiger partial charge in [0, 0.05) is 24.7 Å². The summed E-state index contributed by atoms with van der Waals surface area (Å²) in [7, 11) is -3.43. The van der Waals surface area contributed by atoms with E-state index in [1.165, 1.54) is 10.6 Å². The molecule has 1 N–H and O–H groups in total. The highest BCUT2D eigenvalue weighted by Crippen LogP contribution is 2.23. The van der Waals surface area contributed by atoms with Crippen molar-refractivity contribution in [2.24, 2.45) is 0 Å². The lowest BCUT2D eigenvalue weighted by atomic mass is 10.2. The number of hydrogen-bond acceptors (Lipinski definition) is 4. The van der Waals surface area contributed by atoms with Gasteiger partial charge in [-0.2, -0.15) is 0 Å². The fourth-order valence-electron chi connectivity index (χ4n) is 2.73. The molecule has 150 valence electrons. The highest BCUT2D eigenvalue weighted by atomic mass is 32.2. The molecule has 2 rings (SSSR count). The quantitative estimate of drug-likeness (QED) is 0.614. The molecular formula is C21H26N2O4S. The van der Waals surface area contributed by atoms with Gasteiger partial charge in [0.05, 0.1) is 11.9 Å². The van der Waals surface area contributed by atoms with E-state index in [9.17, 15) is 13.2 Å². The first-order valence-corrected chi connectivity index (χ1v) is 10.8. The number of ether oxygens (including phenoxy) is 1. The molecule has 0 aliphatic heterocycles. The normalized spacial score (nSPS) is 10.9. The van der Waals surface area contributed by atoms with Crippen molar-refractivity contribution in [2.75, 3.05) is 29.0 Å². The van der Waals surface area contributed by atoms with Crippen LogP contribution in [0.5, 0.6) is 5.75 Å². The van der Waals surface area contributed by atoms with Gasteiger partial charge in [0.25, 0.3) is 0 Å². The third-order valence-corrected chi connectivity index (χ3v) is 5.22. The number of amides is 1. The van der Waals surface area contributed by atoms with Gasteiger partial charge in [-0.05, 0) is 37.1 Å². The Hall–Kier alpha value is -2.80. The Morgan fingerprint density at radius 3 is 2.64 bits per heavy atom. The second kappa shape index (κ2) is 9.94. The lowest BCUT2D eigenvalue weighted by Crippen LogP contribution is -2.32. The zero-order valence-electron chi connectivity index (χ0n) is 16.2. The van der Waals surface area contributed by atoms with Gasteiger partial charge in [-0.3, -0.25) is 9.10 Å². The first-order chi connectivity index (χ1) is 13.3. The molecule has 7 heteroatoms. The van der Waals surface area contributed by atoms with Gasteiger partial charge in [-0.1, -0.05) is 36.9 Å². The molecule has 0 atom stereocenters. The molecule has 0 aliphatic rings. The number of para-hydroxylation sites is 1. The number of benzene rings is 2. The molecule has 0 heterocycles. The zero-order chi connectivity index (χ0) is 20.6. The zero-order valence-corrected chi connectivity index (χ0v) is 17.0. The monoisotopic (exact) mass is 402 g/mol. The van der Waals surface area contributed by atoms with Gasteiger partial charge >= 0.3 is 0 Å². The van der Waals surface area contributed by atoms with Crippen LogP contribution in [0, 0.1) is 6.92 Å². The minimum Gasteiger partial charge on any atom is -0.489 e. The molecule has 0 saturated heterocycles. The maximum absolute atomic E-state index is 12.2. The first-order valence-electron chi connectivity index (χ1n) is 8.98. The van der Waals surface area contributed by atoms with E-state index in [1.54, 1.807) is 42.5 Å². The molecule has 6 nitrogen and oxygen atoms in total. The van der Waals surface area contributed by atoms with Crippen LogP contribution in [0.15, 0.2) is 61.2 Å². The Labute approximate surface area is 166 Å². The van der Waals surface area contributed by atoms with Crippen LogP contribution < -0.4 is 14.4 Å². The maximum Gasteiger partial charge on any atom is 0.232 e. The van der Waals surface area contributed by atoms with Crippen molar-refractivity contribution in [1.82, 2.24) is 0 Å². The van der Waals surface area contributed by atoms with Gasteiger partial charge in [0.2, 0.25) is 15.9 Å². The van der Waals surface area contributed by atoms with Crippen molar-refractivity contribution in [3.05, 3.63) is 66.7 Å². The summed E-state index contributed by atoms with van der Waals surface area (Å²) in [6, 6.07) is 14.4. The molecule has 0 radical (unpaired) electrons. The van der Waals surface area contributed by atoms with E-state index >= 15 is 0 Å². The number of anilines is 2. The van der Waals surface area contributed by atoms with E-state index < -0.39 is 10.0 Å². The summed E-state index contributed by atoms with van der Waals surface area (Å²) < 4.78 is 31.1. The van der Waals surface area contributed by atoms with E-state index in [0.717, 1.165) is 5.56 Å². The Balaban J connectivity index is 1.94. The van der Waals surface area contributed by atoms with Crippen LogP contribution in [0.2, 0.25) is 0 Å². The van der Waals surface area contributed by atoms with Gasteiger partial charge in [0.15, 0.2) is 0 Å². The number of carbonyl (C=O) groups is 1. The number of nitrogens with zero attached hydrogens (tertiary/aromatic N) is 1. The summed E-state index contributed by atoms with van der Waals surface area (Å²) in [6.45, 7) is 6.08. The first kappa shape index (κ1) is 21.5. The number of sulfonamides is 1. The molecule has 0 aromatic heterocycles. The van der Waals surface area contributed by atoms with Crippen molar-refractivity contribution in [3.8, 4) is 5.75 Å². The number of nitrogens with one attached hydrogen (secondary N) is 1. The second-order valence-electron chi connectivity index (χ2n) is 6.40. The average Bonchev–Trinajstić information content (AvgIpc) is 2.64. The summed E-state index contributed by atoms with van der Waals surface area (Å²) >= 11 is 0. The Kier molecular flexibility index (Phi) is 7.63. The van der Waals surface area contributed by atoms with E-state index in [1.807, 2.05) is 19.1 Å². The molecule has 0 unspecified atom stereocenters. The standard InChI is InChI=1S/C21H26N2O4S/c1-4-15-27-19-11-7-10-18(16-19)22-21(24)13-8-14-23(28(3,25)26)20-12-6-5-9-17(20)2/h4-7,9-12,16H,1,8,13-15H2,2-3H3,(H,22,24). The van der Waals surface area contributed by atoms with Crippen LogP contribution >= 0.6 is 0 Å². The summed E-state index contributed by atoms with van der Waals surface area (Å²) in [4.78, 5) is 12.2. The van der Waals surface area contributed by atoms with Crippen LogP contribution in [0.25, 0.3) is 0 Å². The molecule has 28 heavy (non-hydrogen) atoms. The van der Waals surface area contributed by atoms with Crippen molar-refractivity contribution in [1.29, 1.82) is 0 Å². The van der Waals surface area contributed by atoms with Crippen LogP contribution in [0.4, 0.5) is 11.4 Å². The summed E-state index contributed by atoms with van der Waals surface area (Å²) in [5, 5.41) is 2.81. The van der Waals surface area contributed by atoms with Crippen LogP contribution in [0.1, 0.15) is 18.4 Å². The van der Waals surface area contributed by atoms with Crippen LogP contribution in [-0.4, -0.2) is 33.7 Å². The lowest BCUT2D eigenvalue weighted by Gasteiger charge is -2.24. The topological polar surface area (TPSA) is 75.7 Å². The molecule has 0 aliphatic carbocycles. The molecule has 2 aromatic carbocycles. The third kappa shape index (κ3) is 6.42. The highest BCUT2D eigenvalue weighted by molar-refractivity contribution is 7.92. The molecule has 0 saturated carbocycles. The average molecular weight is 403 g/mol. The summed E-state index contributed by atoms with van der Waals surface area (Å²) in [5.41, 5.74) is 2.14. The summed E-state index contributed by atoms with van der Waals surface area (Å²) in [6.07, 6.45) is 3.43. The third-order valence-electron chi connectivity index (χ3n) is 4.04. The van der Waals surface area contributed by atoms with Gasteiger partial charge in [-0.15, -0.1) is 0 Å². The summed E-state index contributed by atoms with van der Waals surface area (Å²) in [5.74, 6) is 0.458. The molecule has 0 spiro atoms. The predicted molar refractivity (Wildman–Crippen MR) is 113 cm³/mol. The number of rotatable bonds is 10. The predicted octanol–water partition coefficient (Wildman–Crippen LogP) is 3.74. The number of carbonyl (C=O) groups excluding carboxylic acids is 1. The van der Waals surface area contributed by atoms with Crippen molar-refractivity contribution < 1.29 is 17.9 Å². The molecular weight excluding hydrogens is 376 g/mol. The molecule has 1 amide bonds. The number of hydrogen-bond donors (Lipinski definition) is 1. The Bertz CT molecular complexity index is 926. The van der Waals surface area contributed by atoms with Crippen molar-refractivity contribution in [2.45, 2.75) is 19.8 Å². The van der Waals surface area contributed by atoms with Gasteiger partial charge in [-0.25, -0.2) is 8.42 Å². The minimum atomic E-state index is -3.43. The van der Waals surface area contributed by atoms with E-state index in [2.05, 4.69) is 11.9 Å². The largest absolute Gasteiger partial charge is 0.489 e. The van der Waals surface area contributed by atoms with Crippen LogP contribution in [0.3, 0.4) is 0 Å². The maximum atomic E-state index is 12.2. The highest BCUT2D eigenvalue weighted by Gasteiger charge is 2.19. The molecule has 0 fully saturated rings. The van der Waals surface area contributed by atoms with Crippen molar-refractivity contribution >= 4 is 27.3 Å². The number of aryl methyl sites for hydroxylation is 1. The Morgan fingerprint density at radius 2 is 1.96 bits per heavy atom. The molecule has 0 bridgehead atoms. The lowest BCUT2D eigenvalue weighted by molar-refractivity contribution is -0.116. The second-order valence-corrected chi connectivity index (χ2v) is 8.31. The fourth-order valence-corrected chi connectivity index (χ4v) is 3.76.